The molecule has 0 spiro atoms. The van der Waals surface area contributed by atoms with Crippen LogP contribution in [0.25, 0.3) is 0 Å². The van der Waals surface area contributed by atoms with Gasteiger partial charge >= 0.3 is 6.03 Å². The highest BCUT2D eigenvalue weighted by atomic mass is 35.5. The summed E-state index contributed by atoms with van der Waals surface area (Å²) in [6, 6.07) is 9.11. The number of rotatable bonds is 4. The Bertz CT molecular complexity index is 1060. The number of hydrogen-bond donors (Lipinski definition) is 2. The SMILES string of the molecule is CC1(c2ccc3c(c2)OCCO3)NC(=O)N(CC(=O)Nc2cccc(Cl)c2Cl)C1=O. The summed E-state index contributed by atoms with van der Waals surface area (Å²) < 4.78 is 11.0. The molecule has 10 heteroatoms. The summed E-state index contributed by atoms with van der Waals surface area (Å²) in [6.45, 7) is 1.93. The van der Waals surface area contributed by atoms with Crippen LogP contribution in [0.15, 0.2) is 36.4 Å². The molecule has 0 aliphatic carbocycles. The zero-order valence-corrected chi connectivity index (χ0v) is 17.3. The normalized spacial score (nSPS) is 20.2. The molecule has 1 unspecified atom stereocenters. The number of fused-ring (bicyclic) bond motifs is 1. The maximum absolute atomic E-state index is 13.1. The predicted molar refractivity (Wildman–Crippen MR) is 110 cm³/mol. The first-order chi connectivity index (χ1) is 14.3. The number of carbonyl (C=O) groups is 3. The second kappa shape index (κ2) is 7.70. The summed E-state index contributed by atoms with van der Waals surface area (Å²) in [5.41, 5.74) is -0.539. The maximum atomic E-state index is 13.1. The zero-order chi connectivity index (χ0) is 21.5. The van der Waals surface area contributed by atoms with E-state index >= 15 is 0 Å². The number of nitrogens with zero attached hydrogens (tertiary/aromatic N) is 1. The Morgan fingerprint density at radius 3 is 2.67 bits per heavy atom. The van der Waals surface area contributed by atoms with Crippen LogP contribution in [0.5, 0.6) is 11.5 Å². The maximum Gasteiger partial charge on any atom is 0.325 e. The topological polar surface area (TPSA) is 97.0 Å². The van der Waals surface area contributed by atoms with Crippen LogP contribution in [-0.2, 0) is 15.1 Å². The molecule has 2 N–H and O–H groups in total. The van der Waals surface area contributed by atoms with Gasteiger partial charge in [-0.1, -0.05) is 35.3 Å². The minimum Gasteiger partial charge on any atom is -0.486 e. The lowest BCUT2D eigenvalue weighted by Gasteiger charge is -2.25. The minimum atomic E-state index is -1.35. The van der Waals surface area contributed by atoms with Gasteiger partial charge in [0.15, 0.2) is 11.5 Å². The molecule has 0 saturated carbocycles. The van der Waals surface area contributed by atoms with Crippen molar-refractivity contribution in [2.45, 2.75) is 12.5 Å². The van der Waals surface area contributed by atoms with Crippen molar-refractivity contribution in [3.8, 4) is 11.5 Å². The Balaban J connectivity index is 1.52. The summed E-state index contributed by atoms with van der Waals surface area (Å²) in [6.07, 6.45) is 0. The quantitative estimate of drug-likeness (QED) is 0.698. The molecule has 4 rings (SSSR count). The number of imide groups is 1. The third kappa shape index (κ3) is 3.53. The van der Waals surface area contributed by atoms with Crippen molar-refractivity contribution in [1.29, 1.82) is 0 Å². The van der Waals surface area contributed by atoms with Gasteiger partial charge < -0.3 is 20.1 Å². The van der Waals surface area contributed by atoms with Crippen molar-refractivity contribution in [1.82, 2.24) is 10.2 Å². The molecule has 30 heavy (non-hydrogen) atoms. The fourth-order valence-electron chi connectivity index (χ4n) is 3.32. The highest BCUT2D eigenvalue weighted by molar-refractivity contribution is 6.44. The molecule has 2 aliphatic heterocycles. The Kier molecular flexibility index (Phi) is 5.21. The van der Waals surface area contributed by atoms with E-state index in [9.17, 15) is 14.4 Å². The smallest absolute Gasteiger partial charge is 0.325 e. The van der Waals surface area contributed by atoms with E-state index in [1.807, 2.05) is 0 Å². The Hall–Kier alpha value is -2.97. The van der Waals surface area contributed by atoms with Gasteiger partial charge in [0.1, 0.15) is 25.3 Å². The van der Waals surface area contributed by atoms with Gasteiger partial charge in [-0.05, 0) is 36.8 Å². The van der Waals surface area contributed by atoms with Crippen LogP contribution >= 0.6 is 23.2 Å². The van der Waals surface area contributed by atoms with Gasteiger partial charge in [-0.3, -0.25) is 14.5 Å². The molecule has 1 fully saturated rings. The molecule has 0 radical (unpaired) electrons. The number of hydrogen-bond acceptors (Lipinski definition) is 5. The average molecular weight is 450 g/mol. The third-order valence-electron chi connectivity index (χ3n) is 4.92. The molecule has 156 valence electrons. The van der Waals surface area contributed by atoms with Crippen LogP contribution in [0.2, 0.25) is 10.0 Å². The molecule has 2 heterocycles. The molecule has 2 aromatic carbocycles. The second-order valence-electron chi connectivity index (χ2n) is 6.95. The first-order valence-electron chi connectivity index (χ1n) is 9.07. The van der Waals surface area contributed by atoms with E-state index in [1.54, 1.807) is 43.3 Å². The third-order valence-corrected chi connectivity index (χ3v) is 5.74. The molecule has 8 nitrogen and oxygen atoms in total. The highest BCUT2D eigenvalue weighted by Crippen LogP contribution is 2.37. The van der Waals surface area contributed by atoms with Crippen molar-refractivity contribution < 1.29 is 23.9 Å². The second-order valence-corrected chi connectivity index (χ2v) is 7.74. The molecular weight excluding hydrogens is 433 g/mol. The number of halogens is 2. The molecule has 2 aromatic rings. The molecule has 0 aromatic heterocycles. The number of nitrogens with one attached hydrogen (secondary N) is 2. The van der Waals surface area contributed by atoms with Crippen LogP contribution in [0.1, 0.15) is 12.5 Å². The zero-order valence-electron chi connectivity index (χ0n) is 15.8. The minimum absolute atomic E-state index is 0.172. The average Bonchev–Trinajstić information content (AvgIpc) is 2.95. The lowest BCUT2D eigenvalue weighted by molar-refractivity contribution is -0.133. The summed E-state index contributed by atoms with van der Waals surface area (Å²) in [5, 5.41) is 5.66. The fraction of sp³-hybridized carbons (Fsp3) is 0.250. The number of benzene rings is 2. The lowest BCUT2D eigenvalue weighted by atomic mass is 9.91. The Morgan fingerprint density at radius 1 is 1.17 bits per heavy atom. The number of carbonyl (C=O) groups excluding carboxylic acids is 3. The van der Waals surface area contributed by atoms with E-state index in [2.05, 4.69) is 10.6 Å². The molecule has 1 atom stereocenters. The van der Waals surface area contributed by atoms with Gasteiger partial charge in [-0.2, -0.15) is 0 Å². The fourth-order valence-corrected chi connectivity index (χ4v) is 3.67. The van der Waals surface area contributed by atoms with E-state index in [4.69, 9.17) is 32.7 Å². The predicted octanol–water partition coefficient (Wildman–Crippen LogP) is 3.17. The molecule has 1 saturated heterocycles. The summed E-state index contributed by atoms with van der Waals surface area (Å²) in [7, 11) is 0. The summed E-state index contributed by atoms with van der Waals surface area (Å²) >= 11 is 12.0. The van der Waals surface area contributed by atoms with Gasteiger partial charge in [-0.15, -0.1) is 0 Å². The van der Waals surface area contributed by atoms with E-state index in [1.165, 1.54) is 0 Å². The van der Waals surface area contributed by atoms with E-state index in [0.717, 1.165) is 4.90 Å². The number of amides is 4. The first-order valence-corrected chi connectivity index (χ1v) is 9.83. The van der Waals surface area contributed by atoms with Crippen molar-refractivity contribution in [2.75, 3.05) is 25.1 Å². The van der Waals surface area contributed by atoms with Crippen molar-refractivity contribution in [2.24, 2.45) is 0 Å². The van der Waals surface area contributed by atoms with E-state index in [-0.39, 0.29) is 15.7 Å². The van der Waals surface area contributed by atoms with E-state index in [0.29, 0.717) is 30.3 Å². The van der Waals surface area contributed by atoms with Gasteiger partial charge in [0.2, 0.25) is 5.91 Å². The van der Waals surface area contributed by atoms with Crippen molar-refractivity contribution >= 4 is 46.7 Å². The summed E-state index contributed by atoms with van der Waals surface area (Å²) in [5.74, 6) is -0.0839. The molecular formula is C20H17Cl2N3O5. The van der Waals surface area contributed by atoms with Crippen LogP contribution in [0.3, 0.4) is 0 Å². The van der Waals surface area contributed by atoms with Crippen LogP contribution in [0, 0.1) is 0 Å². The monoisotopic (exact) mass is 449 g/mol. The van der Waals surface area contributed by atoms with Gasteiger partial charge in [0.05, 0.1) is 15.7 Å². The van der Waals surface area contributed by atoms with E-state index < -0.39 is 29.9 Å². The van der Waals surface area contributed by atoms with Gasteiger partial charge in [0.25, 0.3) is 5.91 Å². The van der Waals surface area contributed by atoms with Crippen LogP contribution in [0.4, 0.5) is 10.5 Å². The highest BCUT2D eigenvalue weighted by Gasteiger charge is 2.49. The first kappa shape index (κ1) is 20.3. The lowest BCUT2D eigenvalue weighted by Crippen LogP contribution is -2.42. The molecule has 0 bridgehead atoms. The van der Waals surface area contributed by atoms with Crippen LogP contribution < -0.4 is 20.1 Å². The number of anilines is 1. The molecule has 2 aliphatic rings. The Labute approximate surface area is 182 Å². The van der Waals surface area contributed by atoms with Crippen molar-refractivity contribution in [3.63, 3.8) is 0 Å². The number of urea groups is 1. The van der Waals surface area contributed by atoms with Gasteiger partial charge in [-0.25, -0.2) is 4.79 Å². The summed E-state index contributed by atoms with van der Waals surface area (Å²) in [4.78, 5) is 38.8. The largest absolute Gasteiger partial charge is 0.486 e. The van der Waals surface area contributed by atoms with Gasteiger partial charge in [0, 0.05) is 0 Å². The van der Waals surface area contributed by atoms with Crippen LogP contribution in [-0.4, -0.2) is 42.5 Å². The Morgan fingerprint density at radius 2 is 1.90 bits per heavy atom. The van der Waals surface area contributed by atoms with Crippen molar-refractivity contribution in [3.05, 3.63) is 52.0 Å². The number of ether oxygens (including phenoxy) is 2. The standard InChI is InChI=1S/C20H17Cl2N3O5/c1-20(11-5-6-14-15(9-11)30-8-7-29-14)18(27)25(19(28)24-20)10-16(26)23-13-4-2-3-12(21)17(13)22/h2-6,9H,7-8,10H2,1H3,(H,23,26)(H,24,28). The molecule has 4 amide bonds.